The summed E-state index contributed by atoms with van der Waals surface area (Å²) in [5.41, 5.74) is 2.41. The molecule has 0 saturated carbocycles. The van der Waals surface area contributed by atoms with Gasteiger partial charge in [-0.15, -0.1) is 0 Å². The van der Waals surface area contributed by atoms with Gasteiger partial charge in [-0.25, -0.2) is 0 Å². The Morgan fingerprint density at radius 1 is 0.900 bits per heavy atom. The molecule has 0 radical (unpaired) electrons. The van der Waals surface area contributed by atoms with Crippen LogP contribution in [0.25, 0.3) is 0 Å². The van der Waals surface area contributed by atoms with Crippen LogP contribution in [0.2, 0.25) is 0 Å². The third kappa shape index (κ3) is 4.19. The molecular weight excluding hydrogens is 393 g/mol. The van der Waals surface area contributed by atoms with E-state index in [9.17, 15) is 14.2 Å². The van der Waals surface area contributed by atoms with Crippen LogP contribution in [0.3, 0.4) is 0 Å². The molecule has 30 heavy (non-hydrogen) atoms. The molecular formula is C25H24NO3P. The summed E-state index contributed by atoms with van der Waals surface area (Å²) in [4.78, 5) is 25.2. The lowest BCUT2D eigenvalue weighted by Crippen LogP contribution is -2.24. The van der Waals surface area contributed by atoms with Crippen LogP contribution in [0, 0.1) is 13.8 Å². The zero-order valence-electron chi connectivity index (χ0n) is 17.1. The predicted molar refractivity (Wildman–Crippen MR) is 122 cm³/mol. The van der Waals surface area contributed by atoms with Crippen molar-refractivity contribution in [2.45, 2.75) is 20.4 Å². The van der Waals surface area contributed by atoms with Crippen molar-refractivity contribution in [1.82, 2.24) is 5.32 Å². The minimum absolute atomic E-state index is 0.261. The molecule has 0 heterocycles. The Morgan fingerprint density at radius 2 is 1.37 bits per heavy atom. The highest BCUT2D eigenvalue weighted by Crippen LogP contribution is 2.47. The van der Waals surface area contributed by atoms with E-state index >= 15 is 0 Å². The van der Waals surface area contributed by atoms with E-state index in [0.29, 0.717) is 22.7 Å². The topological polar surface area (TPSA) is 63.2 Å². The van der Waals surface area contributed by atoms with E-state index in [2.05, 4.69) is 11.9 Å². The lowest BCUT2D eigenvalue weighted by molar-refractivity contribution is -0.116. The summed E-state index contributed by atoms with van der Waals surface area (Å²) in [5, 5.41) is 3.77. The van der Waals surface area contributed by atoms with Crippen molar-refractivity contribution in [3.8, 4) is 0 Å². The van der Waals surface area contributed by atoms with Gasteiger partial charge in [-0.1, -0.05) is 79.4 Å². The van der Waals surface area contributed by atoms with Gasteiger partial charge in [-0.3, -0.25) is 9.59 Å². The summed E-state index contributed by atoms with van der Waals surface area (Å²) in [6.07, 6.45) is 1.22. The Kier molecular flexibility index (Phi) is 6.49. The number of hydrogen-bond acceptors (Lipinski definition) is 3. The molecule has 0 spiro atoms. The zero-order valence-corrected chi connectivity index (χ0v) is 18.0. The number of aryl methyl sites for hydroxylation is 2. The normalized spacial score (nSPS) is 11.0. The second-order valence-electron chi connectivity index (χ2n) is 7.11. The van der Waals surface area contributed by atoms with E-state index in [4.69, 9.17) is 0 Å². The highest BCUT2D eigenvalue weighted by molar-refractivity contribution is 7.93. The molecule has 1 amide bonds. The van der Waals surface area contributed by atoms with Gasteiger partial charge in [0, 0.05) is 22.7 Å². The number of carbonyl (C=O) groups excluding carboxylic acids is 2. The van der Waals surface area contributed by atoms with E-state index in [1.165, 1.54) is 6.08 Å². The number of rotatable bonds is 7. The minimum Gasteiger partial charge on any atom is -0.348 e. The molecule has 0 saturated heterocycles. The van der Waals surface area contributed by atoms with Crippen LogP contribution in [0.4, 0.5) is 0 Å². The zero-order chi connectivity index (χ0) is 21.7. The second kappa shape index (κ2) is 9.06. The van der Waals surface area contributed by atoms with Gasteiger partial charge in [0.25, 0.3) is 0 Å². The fourth-order valence-corrected chi connectivity index (χ4v) is 6.19. The summed E-state index contributed by atoms with van der Waals surface area (Å²) in [5.74, 6) is -0.261. The van der Waals surface area contributed by atoms with Crippen molar-refractivity contribution in [3.63, 3.8) is 0 Å². The standard InChI is InChI=1S/C25H24NO3P/c1-4-23(27)26-17-20-15-18(2)24(19(3)16-20)25(28)30(29,21-11-7-5-8-12-21)22-13-9-6-10-14-22/h4-16H,1,17H2,2-3H3,(H,26,27). The summed E-state index contributed by atoms with van der Waals surface area (Å²) in [6, 6.07) is 21.5. The molecule has 3 aromatic carbocycles. The van der Waals surface area contributed by atoms with Gasteiger partial charge in [-0.2, -0.15) is 0 Å². The number of benzene rings is 3. The average Bonchev–Trinajstić information content (AvgIpc) is 2.77. The van der Waals surface area contributed by atoms with Gasteiger partial charge >= 0.3 is 0 Å². The van der Waals surface area contributed by atoms with Gasteiger partial charge in [0.15, 0.2) is 0 Å². The maximum Gasteiger partial charge on any atom is 0.243 e. The van der Waals surface area contributed by atoms with Crippen molar-refractivity contribution < 1.29 is 14.2 Å². The van der Waals surface area contributed by atoms with Crippen molar-refractivity contribution in [3.05, 3.63) is 108 Å². The molecule has 1 N–H and O–H groups in total. The van der Waals surface area contributed by atoms with E-state index in [-0.39, 0.29) is 11.4 Å². The summed E-state index contributed by atoms with van der Waals surface area (Å²) < 4.78 is 14.3. The van der Waals surface area contributed by atoms with Crippen molar-refractivity contribution in [1.29, 1.82) is 0 Å². The van der Waals surface area contributed by atoms with Crippen LogP contribution in [0.5, 0.6) is 0 Å². The molecule has 0 atom stereocenters. The monoisotopic (exact) mass is 417 g/mol. The maximum atomic E-state index is 14.3. The third-order valence-electron chi connectivity index (χ3n) is 4.98. The molecule has 0 fully saturated rings. The molecule has 3 rings (SSSR count). The lowest BCUT2D eigenvalue weighted by Gasteiger charge is -2.21. The molecule has 3 aromatic rings. The quantitative estimate of drug-likeness (QED) is 0.462. The van der Waals surface area contributed by atoms with Crippen LogP contribution >= 0.6 is 7.14 Å². The van der Waals surface area contributed by atoms with Crippen LogP contribution in [-0.4, -0.2) is 11.4 Å². The van der Waals surface area contributed by atoms with E-state index in [1.807, 2.05) is 38.1 Å². The van der Waals surface area contributed by atoms with E-state index in [0.717, 1.165) is 16.7 Å². The number of hydrogen-bond donors (Lipinski definition) is 1. The second-order valence-corrected chi connectivity index (χ2v) is 9.77. The molecule has 4 nitrogen and oxygen atoms in total. The van der Waals surface area contributed by atoms with Crippen LogP contribution in [0.15, 0.2) is 85.5 Å². The van der Waals surface area contributed by atoms with Gasteiger partial charge in [0.2, 0.25) is 18.6 Å². The summed E-state index contributed by atoms with van der Waals surface area (Å²) >= 11 is 0. The first-order valence-corrected chi connectivity index (χ1v) is 11.3. The Morgan fingerprint density at radius 3 is 1.80 bits per heavy atom. The first-order valence-electron chi connectivity index (χ1n) is 9.64. The largest absolute Gasteiger partial charge is 0.348 e. The number of carbonyl (C=O) groups is 2. The van der Waals surface area contributed by atoms with Crippen LogP contribution in [-0.2, 0) is 15.9 Å². The number of amides is 1. The van der Waals surface area contributed by atoms with Crippen LogP contribution in [0.1, 0.15) is 27.0 Å². The van der Waals surface area contributed by atoms with Crippen molar-refractivity contribution in [2.75, 3.05) is 0 Å². The highest BCUT2D eigenvalue weighted by atomic mass is 31.2. The lowest BCUT2D eigenvalue weighted by atomic mass is 10.00. The Labute approximate surface area is 177 Å². The minimum atomic E-state index is -3.56. The Bertz CT molecular complexity index is 1070. The maximum absolute atomic E-state index is 14.3. The molecule has 0 aliphatic rings. The fourth-order valence-electron chi connectivity index (χ4n) is 3.57. The number of nitrogens with one attached hydrogen (secondary N) is 1. The first-order chi connectivity index (χ1) is 14.4. The third-order valence-corrected chi connectivity index (χ3v) is 7.83. The fraction of sp³-hybridized carbons (Fsp3) is 0.120. The first kappa shape index (κ1) is 21.5. The highest BCUT2D eigenvalue weighted by Gasteiger charge is 2.37. The SMILES string of the molecule is C=CC(=O)NCc1cc(C)c(C(=O)P(=O)(c2ccccc2)c2ccccc2)c(C)c1. The Balaban J connectivity index is 2.09. The average molecular weight is 417 g/mol. The van der Waals surface area contributed by atoms with Gasteiger partial charge in [0.1, 0.15) is 0 Å². The smallest absolute Gasteiger partial charge is 0.243 e. The molecule has 0 aliphatic heterocycles. The molecule has 0 unspecified atom stereocenters. The van der Waals surface area contributed by atoms with Crippen LogP contribution < -0.4 is 15.9 Å². The Hall–Kier alpha value is -3.23. The van der Waals surface area contributed by atoms with Gasteiger partial charge in [-0.05, 0) is 36.6 Å². The van der Waals surface area contributed by atoms with E-state index < -0.39 is 7.14 Å². The molecule has 0 bridgehead atoms. The van der Waals surface area contributed by atoms with Gasteiger partial charge < -0.3 is 9.88 Å². The van der Waals surface area contributed by atoms with Gasteiger partial charge in [0.05, 0.1) is 0 Å². The summed E-state index contributed by atoms with van der Waals surface area (Å²) in [7, 11) is -3.56. The summed E-state index contributed by atoms with van der Waals surface area (Å²) in [6.45, 7) is 7.44. The molecule has 152 valence electrons. The molecule has 0 aromatic heterocycles. The molecule has 5 heteroatoms. The van der Waals surface area contributed by atoms with Crippen molar-refractivity contribution >= 4 is 29.2 Å². The predicted octanol–water partition coefficient (Wildman–Crippen LogP) is 4.26. The van der Waals surface area contributed by atoms with E-state index in [1.54, 1.807) is 48.5 Å². The van der Waals surface area contributed by atoms with Crippen molar-refractivity contribution in [2.24, 2.45) is 0 Å². The molecule has 0 aliphatic carbocycles.